The molecule has 33 heavy (non-hydrogen) atoms. The van der Waals surface area contributed by atoms with Crippen LogP contribution in [0.4, 0.5) is 10.8 Å². The van der Waals surface area contributed by atoms with Gasteiger partial charge in [0.15, 0.2) is 16.0 Å². The zero-order chi connectivity index (χ0) is 23.4. The molecule has 0 saturated carbocycles. The van der Waals surface area contributed by atoms with E-state index < -0.39 is 10.8 Å². The Morgan fingerprint density at radius 1 is 1.15 bits per heavy atom. The number of carbonyl (C=O) groups is 1. The molecule has 9 nitrogen and oxygen atoms in total. The van der Waals surface area contributed by atoms with Crippen molar-refractivity contribution in [1.29, 1.82) is 0 Å². The lowest BCUT2D eigenvalue weighted by molar-refractivity contribution is -0.384. The van der Waals surface area contributed by atoms with Crippen LogP contribution in [0.1, 0.15) is 10.6 Å². The maximum atomic E-state index is 12.5. The van der Waals surface area contributed by atoms with Crippen LogP contribution in [0.5, 0.6) is 5.75 Å². The van der Waals surface area contributed by atoms with Crippen LogP contribution in [0.15, 0.2) is 70.5 Å². The first-order valence-corrected chi connectivity index (χ1v) is 10.8. The van der Waals surface area contributed by atoms with Gasteiger partial charge < -0.3 is 14.5 Å². The Kier molecular flexibility index (Phi) is 6.43. The van der Waals surface area contributed by atoms with Crippen LogP contribution in [-0.4, -0.2) is 28.0 Å². The lowest BCUT2D eigenvalue weighted by Crippen LogP contribution is -2.33. The summed E-state index contributed by atoms with van der Waals surface area (Å²) < 4.78 is 10.7. The van der Waals surface area contributed by atoms with Gasteiger partial charge in [-0.25, -0.2) is 4.98 Å². The molecule has 166 valence electrons. The van der Waals surface area contributed by atoms with Crippen molar-refractivity contribution in [1.82, 2.24) is 10.3 Å². The minimum absolute atomic E-state index is 0.0127. The van der Waals surface area contributed by atoms with Gasteiger partial charge in [-0.05, 0) is 48.6 Å². The molecule has 0 aliphatic rings. The number of benzene rings is 2. The van der Waals surface area contributed by atoms with Gasteiger partial charge in [0.2, 0.25) is 0 Å². The number of anilines is 1. The van der Waals surface area contributed by atoms with Gasteiger partial charge in [-0.1, -0.05) is 12.1 Å². The smallest absolute Gasteiger partial charge is 0.293 e. The molecule has 0 unspecified atom stereocenters. The van der Waals surface area contributed by atoms with E-state index in [0.29, 0.717) is 16.5 Å². The fourth-order valence-corrected chi connectivity index (χ4v) is 3.88. The number of nitrogens with zero attached hydrogens (tertiary/aromatic N) is 2. The number of carbonyl (C=O) groups excluding carboxylic acids is 1. The van der Waals surface area contributed by atoms with Crippen molar-refractivity contribution in [2.75, 3.05) is 12.4 Å². The average molecular weight is 481 g/mol. The summed E-state index contributed by atoms with van der Waals surface area (Å²) in [6.07, 6.45) is 0. The summed E-state index contributed by atoms with van der Waals surface area (Å²) in [5.74, 6) is 0.532. The maximum Gasteiger partial charge on any atom is 0.293 e. The molecule has 2 aromatic heterocycles. The summed E-state index contributed by atoms with van der Waals surface area (Å²) in [7, 11) is 1.60. The third-order valence-corrected chi connectivity index (χ3v) is 5.47. The number of hydrogen-bond donors (Lipinski definition) is 2. The number of nitro benzene ring substituents is 1. The Morgan fingerprint density at radius 2 is 1.94 bits per heavy atom. The first-order chi connectivity index (χ1) is 15.9. The van der Waals surface area contributed by atoms with E-state index in [0.717, 1.165) is 17.0 Å². The van der Waals surface area contributed by atoms with Crippen LogP contribution in [0.3, 0.4) is 0 Å². The molecule has 4 aromatic rings. The third kappa shape index (κ3) is 5.22. The Morgan fingerprint density at radius 3 is 2.67 bits per heavy atom. The first-order valence-electron chi connectivity index (χ1n) is 9.50. The van der Waals surface area contributed by atoms with Gasteiger partial charge in [-0.2, -0.15) is 0 Å². The summed E-state index contributed by atoms with van der Waals surface area (Å²) in [5, 5.41) is 18.8. The molecule has 0 radical (unpaired) electrons. The van der Waals surface area contributed by atoms with Gasteiger partial charge in [0.05, 0.1) is 17.7 Å². The summed E-state index contributed by atoms with van der Waals surface area (Å²) in [5.41, 5.74) is 2.08. The number of hydrogen-bond acceptors (Lipinski definition) is 8. The predicted molar refractivity (Wildman–Crippen MR) is 129 cm³/mol. The van der Waals surface area contributed by atoms with E-state index in [1.165, 1.54) is 29.5 Å². The molecular weight excluding hydrogens is 464 g/mol. The predicted octanol–water partition coefficient (Wildman–Crippen LogP) is 5.11. The van der Waals surface area contributed by atoms with Gasteiger partial charge in [-0.15, -0.1) is 11.3 Å². The number of thiocarbonyl (C=S) groups is 1. The number of aromatic nitrogens is 1. The van der Waals surface area contributed by atoms with Crippen molar-refractivity contribution in [2.45, 2.75) is 0 Å². The van der Waals surface area contributed by atoms with E-state index in [1.807, 2.05) is 29.6 Å². The van der Waals surface area contributed by atoms with Gasteiger partial charge >= 0.3 is 0 Å². The van der Waals surface area contributed by atoms with Gasteiger partial charge in [-0.3, -0.25) is 20.2 Å². The van der Waals surface area contributed by atoms with Crippen molar-refractivity contribution >= 4 is 45.4 Å². The second kappa shape index (κ2) is 9.59. The molecule has 0 atom stereocenters. The molecule has 2 aromatic carbocycles. The topological polar surface area (TPSA) is 120 Å². The van der Waals surface area contributed by atoms with Crippen LogP contribution in [0.25, 0.3) is 22.6 Å². The average Bonchev–Trinajstić information content (AvgIpc) is 3.49. The first kappa shape index (κ1) is 22.1. The molecule has 0 aliphatic carbocycles. The molecule has 2 N–H and O–H groups in total. The quantitative estimate of drug-likeness (QED) is 0.222. The minimum Gasteiger partial charge on any atom is -0.497 e. The number of thiazole rings is 1. The van der Waals surface area contributed by atoms with Crippen LogP contribution < -0.4 is 15.4 Å². The van der Waals surface area contributed by atoms with Crippen molar-refractivity contribution < 1.29 is 18.9 Å². The molecule has 2 heterocycles. The summed E-state index contributed by atoms with van der Waals surface area (Å²) >= 11 is 6.55. The van der Waals surface area contributed by atoms with Crippen molar-refractivity contribution in [2.24, 2.45) is 0 Å². The van der Waals surface area contributed by atoms with E-state index >= 15 is 0 Å². The largest absolute Gasteiger partial charge is 0.497 e. The SMILES string of the molecule is COc1ccc(-c2csc(NC(=S)NC(=O)c3ccc(-c4cccc([N+](=O)[O-])c4)o3)n2)cc1. The Bertz CT molecular complexity index is 1330. The van der Waals surface area contributed by atoms with Crippen LogP contribution in [0, 0.1) is 10.1 Å². The van der Waals surface area contributed by atoms with E-state index in [9.17, 15) is 14.9 Å². The Hall–Kier alpha value is -4.09. The fourth-order valence-electron chi connectivity index (χ4n) is 2.91. The Balaban J connectivity index is 1.38. The highest BCUT2D eigenvalue weighted by atomic mass is 32.1. The third-order valence-electron chi connectivity index (χ3n) is 4.51. The molecule has 0 bridgehead atoms. The molecule has 0 saturated heterocycles. The number of ether oxygens (including phenoxy) is 1. The van der Waals surface area contributed by atoms with E-state index in [-0.39, 0.29) is 16.6 Å². The van der Waals surface area contributed by atoms with Crippen molar-refractivity contribution in [3.05, 3.63) is 81.9 Å². The number of furan rings is 1. The lowest BCUT2D eigenvalue weighted by atomic mass is 10.1. The van der Waals surface area contributed by atoms with Crippen molar-refractivity contribution in [3.63, 3.8) is 0 Å². The highest BCUT2D eigenvalue weighted by molar-refractivity contribution is 7.80. The number of nitrogens with one attached hydrogen (secondary N) is 2. The second-order valence-corrected chi connectivity index (χ2v) is 7.91. The van der Waals surface area contributed by atoms with Crippen LogP contribution >= 0.6 is 23.6 Å². The summed E-state index contributed by atoms with van der Waals surface area (Å²) in [6, 6.07) is 16.5. The summed E-state index contributed by atoms with van der Waals surface area (Å²) in [4.78, 5) is 27.4. The van der Waals surface area contributed by atoms with E-state index in [1.54, 1.807) is 25.3 Å². The minimum atomic E-state index is -0.559. The Labute approximate surface area is 197 Å². The number of rotatable bonds is 6. The van der Waals surface area contributed by atoms with Gasteiger partial charge in [0, 0.05) is 28.6 Å². The number of amides is 1. The zero-order valence-electron chi connectivity index (χ0n) is 17.1. The highest BCUT2D eigenvalue weighted by Gasteiger charge is 2.16. The number of non-ortho nitro benzene ring substituents is 1. The summed E-state index contributed by atoms with van der Waals surface area (Å²) in [6.45, 7) is 0. The molecule has 0 aliphatic heterocycles. The fraction of sp³-hybridized carbons (Fsp3) is 0.0455. The molecule has 0 spiro atoms. The standard InChI is InChI=1S/C22H16N4O5S2/c1-30-16-7-5-13(6-8-16)17-12-33-22(23-17)25-21(32)24-20(27)19-10-9-18(31-19)14-3-2-4-15(11-14)26(28)29/h2-12H,1H3,(H2,23,24,25,27,32). The number of methoxy groups -OCH3 is 1. The van der Waals surface area contributed by atoms with Crippen LogP contribution in [0.2, 0.25) is 0 Å². The molecule has 1 amide bonds. The molecule has 0 fully saturated rings. The normalized spacial score (nSPS) is 10.5. The molecular formula is C22H16N4O5S2. The molecule has 11 heteroatoms. The van der Waals surface area contributed by atoms with E-state index in [4.69, 9.17) is 21.4 Å². The van der Waals surface area contributed by atoms with E-state index in [2.05, 4.69) is 15.6 Å². The lowest BCUT2D eigenvalue weighted by Gasteiger charge is -2.05. The zero-order valence-corrected chi connectivity index (χ0v) is 18.7. The monoisotopic (exact) mass is 480 g/mol. The highest BCUT2D eigenvalue weighted by Crippen LogP contribution is 2.27. The van der Waals surface area contributed by atoms with Gasteiger partial charge in [0.25, 0.3) is 11.6 Å². The number of nitro groups is 1. The molecule has 4 rings (SSSR count). The second-order valence-electron chi connectivity index (χ2n) is 6.65. The maximum absolute atomic E-state index is 12.5. The van der Waals surface area contributed by atoms with Crippen molar-refractivity contribution in [3.8, 4) is 28.3 Å². The van der Waals surface area contributed by atoms with Crippen LogP contribution in [-0.2, 0) is 0 Å². The van der Waals surface area contributed by atoms with Gasteiger partial charge in [0.1, 0.15) is 11.5 Å².